The van der Waals surface area contributed by atoms with Crippen molar-refractivity contribution in [1.82, 2.24) is 19.9 Å². The Morgan fingerprint density at radius 3 is 2.76 bits per heavy atom. The molecule has 0 aliphatic carbocycles. The summed E-state index contributed by atoms with van der Waals surface area (Å²) in [5.74, 6) is -0.184. The van der Waals surface area contributed by atoms with Gasteiger partial charge in [0.2, 0.25) is 0 Å². The molecule has 5 nitrogen and oxygen atoms in total. The number of rotatable bonds is 4. The predicted octanol–water partition coefficient (Wildman–Crippen LogP) is 2.90. The third-order valence-electron chi connectivity index (χ3n) is 2.75. The van der Waals surface area contributed by atoms with Crippen molar-refractivity contribution < 1.29 is 4.79 Å². The average molecular weight is 316 g/mol. The fourth-order valence-electron chi connectivity index (χ4n) is 1.74. The summed E-state index contributed by atoms with van der Waals surface area (Å²) in [6, 6.07) is 11.6. The Morgan fingerprint density at radius 1 is 1.24 bits per heavy atom. The summed E-state index contributed by atoms with van der Waals surface area (Å²) in [7, 11) is 0. The van der Waals surface area contributed by atoms with Crippen molar-refractivity contribution in [2.24, 2.45) is 0 Å². The summed E-state index contributed by atoms with van der Waals surface area (Å²) in [5.41, 5.74) is 1.48. The van der Waals surface area contributed by atoms with Crippen LogP contribution in [0.15, 0.2) is 36.4 Å². The molecule has 1 amide bonds. The maximum Gasteiger partial charge on any atom is 0.271 e. The lowest BCUT2D eigenvalue weighted by atomic mass is 10.2. The number of hydrogen-bond acceptors (Lipinski definition) is 6. The number of hydrogen-bond donors (Lipinski definition) is 1. The van der Waals surface area contributed by atoms with E-state index in [1.54, 1.807) is 6.07 Å². The van der Waals surface area contributed by atoms with Crippen LogP contribution in [0, 0.1) is 6.92 Å². The molecule has 2 aromatic heterocycles. The molecule has 21 heavy (non-hydrogen) atoms. The SMILES string of the molecule is Cc1cc(C(=O)NCc2nnc(-c3ccccc3)s2)ns1. The van der Waals surface area contributed by atoms with Crippen molar-refractivity contribution in [2.45, 2.75) is 13.5 Å². The van der Waals surface area contributed by atoms with Crippen molar-refractivity contribution in [3.63, 3.8) is 0 Å². The summed E-state index contributed by atoms with van der Waals surface area (Å²) in [6.45, 7) is 2.28. The fourth-order valence-corrected chi connectivity index (χ4v) is 3.07. The third kappa shape index (κ3) is 3.32. The molecule has 106 valence electrons. The van der Waals surface area contributed by atoms with Gasteiger partial charge in [0.25, 0.3) is 5.91 Å². The molecule has 0 saturated carbocycles. The molecule has 0 fully saturated rings. The first-order valence-electron chi connectivity index (χ1n) is 6.32. The summed E-state index contributed by atoms with van der Waals surface area (Å²) >= 11 is 2.79. The Bertz CT molecular complexity index is 751. The van der Waals surface area contributed by atoms with Crippen molar-refractivity contribution >= 4 is 28.8 Å². The molecule has 7 heteroatoms. The van der Waals surface area contributed by atoms with E-state index in [1.807, 2.05) is 37.3 Å². The summed E-state index contributed by atoms with van der Waals surface area (Å²) in [4.78, 5) is 12.9. The van der Waals surface area contributed by atoms with Gasteiger partial charge in [0.1, 0.15) is 15.7 Å². The molecular formula is C14H12N4OS2. The number of carbonyl (C=O) groups excluding carboxylic acids is 1. The molecule has 3 aromatic rings. The maximum absolute atomic E-state index is 11.9. The molecular weight excluding hydrogens is 304 g/mol. The number of carbonyl (C=O) groups is 1. The lowest BCUT2D eigenvalue weighted by molar-refractivity contribution is 0.0947. The van der Waals surface area contributed by atoms with Gasteiger partial charge in [-0.3, -0.25) is 4.79 Å². The zero-order valence-corrected chi connectivity index (χ0v) is 12.9. The second-order valence-electron chi connectivity index (χ2n) is 4.37. The van der Waals surface area contributed by atoms with Crippen LogP contribution in [-0.4, -0.2) is 20.5 Å². The Hall–Kier alpha value is -2.12. The van der Waals surface area contributed by atoms with Gasteiger partial charge in [-0.1, -0.05) is 41.7 Å². The number of aryl methyl sites for hydroxylation is 1. The molecule has 0 spiro atoms. The van der Waals surface area contributed by atoms with E-state index in [0.29, 0.717) is 12.2 Å². The molecule has 1 aromatic carbocycles. The molecule has 2 heterocycles. The first-order chi connectivity index (χ1) is 10.2. The van der Waals surface area contributed by atoms with Gasteiger partial charge in [0, 0.05) is 10.4 Å². The van der Waals surface area contributed by atoms with Crippen LogP contribution < -0.4 is 5.32 Å². The monoisotopic (exact) mass is 316 g/mol. The van der Waals surface area contributed by atoms with E-state index >= 15 is 0 Å². The van der Waals surface area contributed by atoms with Gasteiger partial charge in [-0.05, 0) is 24.5 Å². The minimum absolute atomic E-state index is 0.184. The highest BCUT2D eigenvalue weighted by Gasteiger charge is 2.11. The molecule has 0 saturated heterocycles. The van der Waals surface area contributed by atoms with Gasteiger partial charge in [-0.2, -0.15) is 4.37 Å². The van der Waals surface area contributed by atoms with Crippen molar-refractivity contribution in [3.05, 3.63) is 52.0 Å². The van der Waals surface area contributed by atoms with Crippen molar-refractivity contribution in [3.8, 4) is 10.6 Å². The van der Waals surface area contributed by atoms with Crippen LogP contribution in [0.2, 0.25) is 0 Å². The van der Waals surface area contributed by atoms with E-state index in [1.165, 1.54) is 22.9 Å². The molecule has 3 rings (SSSR count). The molecule has 0 unspecified atom stereocenters. The minimum Gasteiger partial charge on any atom is -0.344 e. The maximum atomic E-state index is 11.9. The van der Waals surface area contributed by atoms with Crippen LogP contribution in [0.5, 0.6) is 0 Å². The summed E-state index contributed by atoms with van der Waals surface area (Å²) in [5, 5.41) is 12.7. The lowest BCUT2D eigenvalue weighted by Gasteiger charge is -1.98. The van der Waals surface area contributed by atoms with E-state index in [9.17, 15) is 4.79 Å². The smallest absolute Gasteiger partial charge is 0.271 e. The number of benzene rings is 1. The van der Waals surface area contributed by atoms with E-state index < -0.39 is 0 Å². The Labute approximate surface area is 129 Å². The van der Waals surface area contributed by atoms with E-state index in [4.69, 9.17) is 0 Å². The molecule has 0 bridgehead atoms. The summed E-state index contributed by atoms with van der Waals surface area (Å²) in [6.07, 6.45) is 0. The highest BCUT2D eigenvalue weighted by atomic mass is 32.1. The van der Waals surface area contributed by atoms with Gasteiger partial charge in [0.05, 0.1) is 6.54 Å². The van der Waals surface area contributed by atoms with Crippen LogP contribution in [-0.2, 0) is 6.54 Å². The van der Waals surface area contributed by atoms with Crippen LogP contribution in [0.25, 0.3) is 10.6 Å². The summed E-state index contributed by atoms with van der Waals surface area (Å²) < 4.78 is 4.08. The molecule has 0 aliphatic rings. The standard InChI is InChI=1S/C14H12N4OS2/c1-9-7-11(18-21-9)13(19)15-8-12-16-17-14(20-12)10-5-3-2-4-6-10/h2-7H,8H2,1H3,(H,15,19). The van der Waals surface area contributed by atoms with Crippen molar-refractivity contribution in [1.29, 1.82) is 0 Å². The molecule has 1 N–H and O–H groups in total. The molecule has 0 atom stereocenters. The van der Waals surface area contributed by atoms with Gasteiger partial charge in [-0.15, -0.1) is 10.2 Å². The first-order valence-corrected chi connectivity index (χ1v) is 7.90. The van der Waals surface area contributed by atoms with Crippen LogP contribution >= 0.6 is 22.9 Å². The fraction of sp³-hybridized carbons (Fsp3) is 0.143. The average Bonchev–Trinajstić information content (AvgIpc) is 3.15. The second kappa shape index (κ2) is 6.11. The van der Waals surface area contributed by atoms with E-state index in [0.717, 1.165) is 20.5 Å². The van der Waals surface area contributed by atoms with Crippen LogP contribution in [0.1, 0.15) is 20.4 Å². The van der Waals surface area contributed by atoms with Gasteiger partial charge in [0.15, 0.2) is 0 Å². The second-order valence-corrected chi connectivity index (χ2v) is 6.44. The number of nitrogens with zero attached hydrogens (tertiary/aromatic N) is 3. The zero-order chi connectivity index (χ0) is 14.7. The van der Waals surface area contributed by atoms with Crippen LogP contribution in [0.4, 0.5) is 0 Å². The lowest BCUT2D eigenvalue weighted by Crippen LogP contribution is -2.22. The highest BCUT2D eigenvalue weighted by Crippen LogP contribution is 2.22. The van der Waals surface area contributed by atoms with Crippen LogP contribution in [0.3, 0.4) is 0 Å². The van der Waals surface area contributed by atoms with E-state index in [2.05, 4.69) is 19.9 Å². The number of nitrogens with one attached hydrogen (secondary N) is 1. The Balaban J connectivity index is 1.64. The molecule has 0 radical (unpaired) electrons. The Morgan fingerprint density at radius 2 is 2.05 bits per heavy atom. The molecule has 0 aliphatic heterocycles. The zero-order valence-electron chi connectivity index (χ0n) is 11.2. The number of aromatic nitrogens is 3. The quantitative estimate of drug-likeness (QED) is 0.803. The van der Waals surface area contributed by atoms with E-state index in [-0.39, 0.29) is 5.91 Å². The highest BCUT2D eigenvalue weighted by molar-refractivity contribution is 7.14. The Kier molecular flexibility index (Phi) is 4.03. The largest absolute Gasteiger partial charge is 0.344 e. The first kappa shape index (κ1) is 13.8. The van der Waals surface area contributed by atoms with Gasteiger partial charge >= 0.3 is 0 Å². The number of amides is 1. The topological polar surface area (TPSA) is 67.8 Å². The predicted molar refractivity (Wildman–Crippen MR) is 83.4 cm³/mol. The van der Waals surface area contributed by atoms with Gasteiger partial charge in [-0.25, -0.2) is 0 Å². The minimum atomic E-state index is -0.184. The van der Waals surface area contributed by atoms with Crippen molar-refractivity contribution in [2.75, 3.05) is 0 Å². The normalized spacial score (nSPS) is 10.5. The van der Waals surface area contributed by atoms with Gasteiger partial charge < -0.3 is 5.32 Å². The third-order valence-corrected chi connectivity index (χ3v) is 4.41.